The molecule has 0 amide bonds. The molecule has 2 aromatic carbocycles. The highest BCUT2D eigenvalue weighted by molar-refractivity contribution is 8.02. The summed E-state index contributed by atoms with van der Waals surface area (Å²) >= 11 is 1.80. The number of benzene rings is 2. The molecule has 1 fully saturated rings. The molecule has 0 spiro atoms. The van der Waals surface area contributed by atoms with Crippen LogP contribution in [0.2, 0.25) is 0 Å². The Kier molecular flexibility index (Phi) is 20.5. The lowest BCUT2D eigenvalue weighted by atomic mass is 9.84. The van der Waals surface area contributed by atoms with E-state index in [2.05, 4.69) is 120 Å². The molecule has 0 bridgehead atoms. The normalized spacial score (nSPS) is 14.3. The van der Waals surface area contributed by atoms with Crippen LogP contribution >= 0.6 is 11.8 Å². The Morgan fingerprint density at radius 1 is 0.857 bits per heavy atom. The summed E-state index contributed by atoms with van der Waals surface area (Å²) in [5, 5.41) is 0. The monoisotopic (exact) mass is 585 g/mol. The number of aryl methyl sites for hydroxylation is 1. The summed E-state index contributed by atoms with van der Waals surface area (Å²) in [6.45, 7) is 20.8. The van der Waals surface area contributed by atoms with Crippen LogP contribution in [0.4, 0.5) is 0 Å². The molecule has 2 aromatic rings. The summed E-state index contributed by atoms with van der Waals surface area (Å²) in [6, 6.07) is 19.4. The second-order valence-corrected chi connectivity index (χ2v) is 12.9. The molecule has 1 unspecified atom stereocenters. The summed E-state index contributed by atoms with van der Waals surface area (Å²) in [5.74, 6) is 1.50. The first-order chi connectivity index (χ1) is 20.2. The minimum Gasteiger partial charge on any atom is -0.298 e. The van der Waals surface area contributed by atoms with Gasteiger partial charge in [0.2, 0.25) is 0 Å². The Morgan fingerprint density at radius 2 is 1.45 bits per heavy atom. The number of hydrogen-bond donors (Lipinski definition) is 0. The van der Waals surface area contributed by atoms with Gasteiger partial charge in [-0.25, -0.2) is 0 Å². The van der Waals surface area contributed by atoms with Crippen molar-refractivity contribution in [2.24, 2.45) is 4.99 Å². The number of allylic oxidation sites excluding steroid dienone is 6. The van der Waals surface area contributed by atoms with Gasteiger partial charge < -0.3 is 0 Å². The maximum absolute atomic E-state index is 4.19. The number of unbranched alkanes of at least 4 members (excludes halogenated alkanes) is 1. The molecule has 0 heterocycles. The maximum Gasteiger partial charge on any atom is 0.0276 e. The van der Waals surface area contributed by atoms with E-state index in [0.29, 0.717) is 5.92 Å². The average Bonchev–Trinajstić information content (AvgIpc) is 3.90. The third-order valence-electron chi connectivity index (χ3n) is 7.27. The van der Waals surface area contributed by atoms with Crippen molar-refractivity contribution in [3.05, 3.63) is 118 Å². The van der Waals surface area contributed by atoms with Crippen molar-refractivity contribution >= 4 is 17.5 Å². The molecule has 2 aliphatic carbocycles. The fraction of sp³-hybridized carbons (Fsp3) is 0.475. The molecule has 2 aliphatic rings. The van der Waals surface area contributed by atoms with Gasteiger partial charge in [-0.15, -0.1) is 11.8 Å². The van der Waals surface area contributed by atoms with Crippen molar-refractivity contribution in [2.75, 3.05) is 7.05 Å². The van der Waals surface area contributed by atoms with E-state index in [0.717, 1.165) is 12.2 Å². The van der Waals surface area contributed by atoms with Crippen LogP contribution in [-0.2, 0) is 5.75 Å². The van der Waals surface area contributed by atoms with E-state index in [-0.39, 0.29) is 0 Å². The molecule has 1 saturated carbocycles. The highest BCUT2D eigenvalue weighted by Gasteiger charge is 2.15. The molecule has 4 rings (SSSR count). The molecular weight excluding hydrogens is 527 g/mol. The predicted molar refractivity (Wildman–Crippen MR) is 194 cm³/mol. The van der Waals surface area contributed by atoms with E-state index in [1.165, 1.54) is 90.7 Å². The molecule has 0 saturated heterocycles. The van der Waals surface area contributed by atoms with Crippen LogP contribution in [-0.4, -0.2) is 12.8 Å². The first kappa shape index (κ1) is 37.4. The summed E-state index contributed by atoms with van der Waals surface area (Å²) in [6.07, 6.45) is 17.6. The number of aliphatic imine (C=N–C) groups is 1. The molecule has 1 atom stereocenters. The Hall–Kier alpha value is -2.58. The Balaban J connectivity index is 0.000000326. The van der Waals surface area contributed by atoms with Crippen LogP contribution in [0.1, 0.15) is 121 Å². The summed E-state index contributed by atoms with van der Waals surface area (Å²) < 4.78 is 0. The van der Waals surface area contributed by atoms with E-state index in [4.69, 9.17) is 0 Å². The van der Waals surface area contributed by atoms with Crippen LogP contribution < -0.4 is 0 Å². The summed E-state index contributed by atoms with van der Waals surface area (Å²) in [7, 11) is 1.85. The molecule has 0 aliphatic heterocycles. The van der Waals surface area contributed by atoms with Crippen LogP contribution in [0.15, 0.2) is 107 Å². The number of rotatable bonds is 11. The fourth-order valence-corrected chi connectivity index (χ4v) is 4.75. The number of hydrogen-bond acceptors (Lipinski definition) is 2. The number of nitrogens with zero attached hydrogens (tertiary/aromatic N) is 1. The van der Waals surface area contributed by atoms with Gasteiger partial charge in [-0.05, 0) is 82.3 Å². The minimum atomic E-state index is 0.462. The van der Waals surface area contributed by atoms with Gasteiger partial charge in [0.1, 0.15) is 0 Å². The smallest absolute Gasteiger partial charge is 0.0276 e. The third-order valence-corrected chi connectivity index (χ3v) is 8.24. The highest BCUT2D eigenvalue weighted by atomic mass is 32.2. The van der Waals surface area contributed by atoms with Gasteiger partial charge in [0.25, 0.3) is 0 Å². The van der Waals surface area contributed by atoms with E-state index < -0.39 is 0 Å². The van der Waals surface area contributed by atoms with Gasteiger partial charge in [0.05, 0.1) is 0 Å². The van der Waals surface area contributed by atoms with Gasteiger partial charge >= 0.3 is 0 Å². The van der Waals surface area contributed by atoms with Crippen LogP contribution in [0.25, 0.3) is 0 Å². The summed E-state index contributed by atoms with van der Waals surface area (Å²) in [5.41, 5.74) is 9.75. The lowest BCUT2D eigenvalue weighted by Gasteiger charge is -2.21. The first-order valence-corrected chi connectivity index (χ1v) is 17.0. The quantitative estimate of drug-likeness (QED) is 0.189. The molecule has 0 aromatic heterocycles. The SMILES string of the molecule is C1CC1.C=C(C)C(CC1=CC=C(CC)CC1)c1ccccc1.C=C(C)SCc1ccc(C)cc1.CCCCC(C)=NC. The zero-order valence-corrected chi connectivity index (χ0v) is 28.8. The van der Waals surface area contributed by atoms with Gasteiger partial charge in [0.15, 0.2) is 0 Å². The molecular formula is C40H59NS. The molecule has 230 valence electrons. The Bertz CT molecular complexity index is 1110. The Labute approximate surface area is 264 Å². The van der Waals surface area contributed by atoms with Crippen molar-refractivity contribution in [3.8, 4) is 0 Å². The standard InChI is InChI=1S/C19H24.C11H14S.C7H15N.C3H6/c1-4-16-10-12-17(13-11-16)14-19(15(2)3)18-8-6-5-7-9-18;1-9(2)12-8-11-6-4-10(3)5-7-11;1-4-5-6-7(2)8-3;1-2-3-1/h5-10,12,19H,2,4,11,13-14H2,1,3H3;4-7H,1,8H2,2-3H3;4-6H2,1-3H3;1-3H2. The van der Waals surface area contributed by atoms with E-state index in [1.807, 2.05) is 14.0 Å². The van der Waals surface area contributed by atoms with E-state index >= 15 is 0 Å². The van der Waals surface area contributed by atoms with E-state index in [1.54, 1.807) is 22.9 Å². The first-order valence-electron chi connectivity index (χ1n) is 16.0. The van der Waals surface area contributed by atoms with Crippen molar-refractivity contribution in [3.63, 3.8) is 0 Å². The van der Waals surface area contributed by atoms with Gasteiger partial charge in [-0.1, -0.05) is 142 Å². The van der Waals surface area contributed by atoms with E-state index in [9.17, 15) is 0 Å². The summed E-state index contributed by atoms with van der Waals surface area (Å²) in [4.78, 5) is 5.22. The lowest BCUT2D eigenvalue weighted by Crippen LogP contribution is -2.03. The van der Waals surface area contributed by atoms with Crippen LogP contribution in [0.3, 0.4) is 0 Å². The molecule has 0 N–H and O–H groups in total. The zero-order valence-electron chi connectivity index (χ0n) is 28.0. The second kappa shape index (κ2) is 22.9. The second-order valence-electron chi connectivity index (χ2n) is 11.6. The van der Waals surface area contributed by atoms with Gasteiger partial charge in [-0.3, -0.25) is 4.99 Å². The van der Waals surface area contributed by atoms with Crippen LogP contribution in [0.5, 0.6) is 0 Å². The molecule has 0 radical (unpaired) electrons. The van der Waals surface area contributed by atoms with Crippen molar-refractivity contribution in [1.82, 2.24) is 0 Å². The molecule has 1 nitrogen and oxygen atoms in total. The van der Waals surface area contributed by atoms with Gasteiger partial charge in [0, 0.05) is 24.4 Å². The van der Waals surface area contributed by atoms with Crippen molar-refractivity contribution < 1.29 is 0 Å². The fourth-order valence-electron chi connectivity index (χ4n) is 4.15. The molecule has 42 heavy (non-hydrogen) atoms. The Morgan fingerprint density at radius 3 is 1.90 bits per heavy atom. The zero-order chi connectivity index (χ0) is 31.2. The lowest BCUT2D eigenvalue weighted by molar-refractivity contribution is 0.725. The third kappa shape index (κ3) is 18.8. The van der Waals surface area contributed by atoms with Crippen molar-refractivity contribution in [1.29, 1.82) is 0 Å². The predicted octanol–water partition coefficient (Wildman–Crippen LogP) is 13.0. The van der Waals surface area contributed by atoms with Gasteiger partial charge in [-0.2, -0.15) is 0 Å². The van der Waals surface area contributed by atoms with Crippen LogP contribution in [0, 0.1) is 6.92 Å². The number of thioether (sulfide) groups is 1. The minimum absolute atomic E-state index is 0.462. The maximum atomic E-state index is 4.19. The average molecular weight is 586 g/mol. The highest BCUT2D eigenvalue weighted by Crippen LogP contribution is 2.33. The molecule has 2 heteroatoms. The van der Waals surface area contributed by atoms with Crippen molar-refractivity contribution in [2.45, 2.75) is 117 Å². The largest absolute Gasteiger partial charge is 0.298 e. The topological polar surface area (TPSA) is 12.4 Å².